The predicted molar refractivity (Wildman–Crippen MR) is 78.3 cm³/mol. The van der Waals surface area contributed by atoms with E-state index in [-0.39, 0.29) is 0 Å². The summed E-state index contributed by atoms with van der Waals surface area (Å²) in [5, 5.41) is 2.54. The molecule has 0 atom stereocenters. The molecule has 18 heavy (non-hydrogen) atoms. The Morgan fingerprint density at radius 1 is 0.833 bits per heavy atom. The Balaban J connectivity index is 0.000000111. The van der Waals surface area contributed by atoms with Crippen LogP contribution in [-0.4, -0.2) is 23.1 Å². The summed E-state index contributed by atoms with van der Waals surface area (Å²) in [7, 11) is 0. The molecule has 2 heterocycles. The molecule has 0 N–H and O–H groups in total. The monoisotopic (exact) mass is 318 g/mol. The van der Waals surface area contributed by atoms with Gasteiger partial charge < -0.3 is 0 Å². The summed E-state index contributed by atoms with van der Waals surface area (Å²) in [6.07, 6.45) is 3.84. The molecular formula is C14H10N2SSe. The van der Waals surface area contributed by atoms with Gasteiger partial charge in [-0.25, -0.2) is 0 Å². The number of fused-ring (bicyclic) bond motifs is 2. The van der Waals surface area contributed by atoms with Gasteiger partial charge in [-0.15, -0.1) is 0 Å². The molecule has 0 aliphatic rings. The van der Waals surface area contributed by atoms with Crippen LogP contribution in [0.25, 0.3) is 19.7 Å². The average molecular weight is 317 g/mol. The summed E-state index contributed by atoms with van der Waals surface area (Å²) in [4.78, 5) is 0. The van der Waals surface area contributed by atoms with E-state index in [1.165, 1.54) is 31.3 Å². The number of rotatable bonds is 0. The summed E-state index contributed by atoms with van der Waals surface area (Å²) in [5.41, 5.74) is 0. The van der Waals surface area contributed by atoms with Crippen LogP contribution in [0.3, 0.4) is 0 Å². The number of hydrogen-bond donors (Lipinski definition) is 0. The van der Waals surface area contributed by atoms with Gasteiger partial charge in [-0.3, -0.25) is 0 Å². The van der Waals surface area contributed by atoms with Crippen LogP contribution in [0.4, 0.5) is 0 Å². The largest absolute Gasteiger partial charge is 0.200 e. The van der Waals surface area contributed by atoms with Crippen molar-refractivity contribution in [3.63, 3.8) is 0 Å². The molecule has 0 bridgehead atoms. The Morgan fingerprint density at radius 3 is 2.44 bits per heavy atom. The third-order valence-electron chi connectivity index (χ3n) is 2.52. The first-order valence-corrected chi connectivity index (χ1v) is 7.92. The number of nitrogens with zero attached hydrogens (tertiary/aromatic N) is 2. The zero-order valence-corrected chi connectivity index (χ0v) is 12.0. The predicted octanol–water partition coefficient (Wildman–Crippen LogP) is 3.59. The van der Waals surface area contributed by atoms with Crippen molar-refractivity contribution in [2.24, 2.45) is 0 Å². The SMILES string of the molecule is c1ccc2[se]ncc2c1.c1ccc2sncc2c1. The van der Waals surface area contributed by atoms with Crippen LogP contribution in [0.2, 0.25) is 0 Å². The number of aromatic nitrogens is 2. The Morgan fingerprint density at radius 2 is 1.61 bits per heavy atom. The van der Waals surface area contributed by atoms with Crippen molar-refractivity contribution < 1.29 is 0 Å². The third kappa shape index (κ3) is 2.51. The van der Waals surface area contributed by atoms with E-state index in [1.807, 2.05) is 30.6 Å². The molecule has 0 aliphatic heterocycles. The molecule has 88 valence electrons. The molecule has 0 fully saturated rings. The van der Waals surface area contributed by atoms with Gasteiger partial charge in [0.25, 0.3) is 0 Å². The molecule has 0 amide bonds. The van der Waals surface area contributed by atoms with Crippen molar-refractivity contribution in [1.29, 1.82) is 0 Å². The van der Waals surface area contributed by atoms with Crippen LogP contribution in [0.5, 0.6) is 0 Å². The van der Waals surface area contributed by atoms with Crippen LogP contribution >= 0.6 is 11.5 Å². The van der Waals surface area contributed by atoms with Crippen molar-refractivity contribution in [2.45, 2.75) is 0 Å². The molecule has 2 aromatic carbocycles. The van der Waals surface area contributed by atoms with Gasteiger partial charge >= 0.3 is 58.8 Å². The maximum atomic E-state index is 4.19. The van der Waals surface area contributed by atoms with E-state index in [2.05, 4.69) is 38.7 Å². The van der Waals surface area contributed by atoms with E-state index in [4.69, 9.17) is 0 Å². The topological polar surface area (TPSA) is 25.8 Å². The first-order chi connectivity index (χ1) is 8.93. The maximum Gasteiger partial charge on any atom is 0.0549 e. The summed E-state index contributed by atoms with van der Waals surface area (Å²) in [6, 6.07) is 16.6. The third-order valence-corrected chi connectivity index (χ3v) is 4.94. The zero-order chi connectivity index (χ0) is 12.2. The molecule has 4 rings (SSSR count). The number of benzene rings is 2. The molecule has 0 unspecified atom stereocenters. The fourth-order valence-corrected chi connectivity index (χ4v) is 3.62. The molecule has 0 spiro atoms. The second-order valence-electron chi connectivity index (χ2n) is 3.73. The summed E-state index contributed by atoms with van der Waals surface area (Å²) < 4.78 is 10.9. The van der Waals surface area contributed by atoms with Gasteiger partial charge in [-0.1, -0.05) is 18.2 Å². The fourth-order valence-electron chi connectivity index (χ4n) is 1.62. The Labute approximate surface area is 115 Å². The van der Waals surface area contributed by atoms with E-state index in [1.54, 1.807) is 0 Å². The average Bonchev–Trinajstić information content (AvgIpc) is 3.08. The number of hydrogen-bond acceptors (Lipinski definition) is 3. The minimum atomic E-state index is 0.372. The molecule has 0 saturated heterocycles. The standard InChI is InChI=1S/C7H5NS.C7H5NSe/c2*1-2-4-7-6(3-1)5-8-9-7/h2*1-5H. The Bertz CT molecular complexity index is 634. The van der Waals surface area contributed by atoms with Crippen molar-refractivity contribution >= 4 is 46.0 Å². The summed E-state index contributed by atoms with van der Waals surface area (Å²) >= 11 is 1.91. The van der Waals surface area contributed by atoms with Gasteiger partial charge in [0.05, 0.1) is 4.70 Å². The van der Waals surface area contributed by atoms with Crippen LogP contribution in [0.15, 0.2) is 60.9 Å². The molecule has 0 radical (unpaired) electrons. The first kappa shape index (κ1) is 11.6. The second-order valence-corrected chi connectivity index (χ2v) is 6.31. The molecule has 2 aromatic heterocycles. The van der Waals surface area contributed by atoms with E-state index < -0.39 is 0 Å². The molecule has 4 aromatic rings. The second kappa shape index (κ2) is 5.44. The fraction of sp³-hybridized carbons (Fsp3) is 0. The first-order valence-electron chi connectivity index (χ1n) is 5.52. The Kier molecular flexibility index (Phi) is 3.51. The van der Waals surface area contributed by atoms with E-state index >= 15 is 0 Å². The van der Waals surface area contributed by atoms with Crippen molar-refractivity contribution in [2.75, 3.05) is 0 Å². The zero-order valence-electron chi connectivity index (χ0n) is 9.48. The van der Waals surface area contributed by atoms with Crippen molar-refractivity contribution in [3.05, 3.63) is 60.9 Å². The van der Waals surface area contributed by atoms with Gasteiger partial charge in [0.15, 0.2) is 0 Å². The van der Waals surface area contributed by atoms with Crippen molar-refractivity contribution in [3.8, 4) is 0 Å². The summed E-state index contributed by atoms with van der Waals surface area (Å²) in [5.74, 6) is 0. The van der Waals surface area contributed by atoms with Crippen LogP contribution < -0.4 is 0 Å². The van der Waals surface area contributed by atoms with Gasteiger partial charge in [0.1, 0.15) is 0 Å². The van der Waals surface area contributed by atoms with Gasteiger partial charge in [0.2, 0.25) is 0 Å². The molecular weight excluding hydrogens is 307 g/mol. The maximum absolute atomic E-state index is 4.19. The van der Waals surface area contributed by atoms with E-state index in [0.29, 0.717) is 14.7 Å². The molecule has 0 aliphatic carbocycles. The normalized spacial score (nSPS) is 10.2. The quantitative estimate of drug-likeness (QED) is 0.463. The van der Waals surface area contributed by atoms with Crippen molar-refractivity contribution in [1.82, 2.24) is 8.35 Å². The minimum Gasteiger partial charge on any atom is -0.200 e. The minimum absolute atomic E-state index is 0.372. The van der Waals surface area contributed by atoms with Crippen LogP contribution in [-0.2, 0) is 0 Å². The molecule has 2 nitrogen and oxygen atoms in total. The smallest absolute Gasteiger partial charge is 0.0549 e. The van der Waals surface area contributed by atoms with Crippen LogP contribution in [0, 0.1) is 0 Å². The van der Waals surface area contributed by atoms with E-state index in [9.17, 15) is 0 Å². The van der Waals surface area contributed by atoms with E-state index in [0.717, 1.165) is 0 Å². The van der Waals surface area contributed by atoms with Crippen LogP contribution in [0.1, 0.15) is 0 Å². The van der Waals surface area contributed by atoms with Gasteiger partial charge in [0, 0.05) is 11.6 Å². The molecule has 4 heteroatoms. The summed E-state index contributed by atoms with van der Waals surface area (Å²) in [6.45, 7) is 0. The Hall–Kier alpha value is -1.48. The van der Waals surface area contributed by atoms with Gasteiger partial charge in [-0.05, 0) is 17.6 Å². The molecule has 0 saturated carbocycles. The van der Waals surface area contributed by atoms with Gasteiger partial charge in [-0.2, -0.15) is 4.37 Å².